The molecule has 1 saturated carbocycles. The first-order chi connectivity index (χ1) is 9.89. The van der Waals surface area contributed by atoms with Crippen LogP contribution in [0.3, 0.4) is 0 Å². The molecule has 21 heavy (non-hydrogen) atoms. The van der Waals surface area contributed by atoms with Crippen LogP contribution in [-0.4, -0.2) is 25.9 Å². The lowest BCUT2D eigenvalue weighted by Gasteiger charge is -2.03. The van der Waals surface area contributed by atoms with Crippen molar-refractivity contribution in [3.63, 3.8) is 0 Å². The van der Waals surface area contributed by atoms with E-state index in [4.69, 9.17) is 0 Å². The third-order valence-electron chi connectivity index (χ3n) is 3.38. The van der Waals surface area contributed by atoms with Gasteiger partial charge in [0.15, 0.2) is 5.00 Å². The Balaban J connectivity index is 2.16. The van der Waals surface area contributed by atoms with E-state index in [1.54, 1.807) is 6.92 Å². The van der Waals surface area contributed by atoms with E-state index < -0.39 is 14.9 Å². The van der Waals surface area contributed by atoms with Crippen molar-refractivity contribution in [3.8, 4) is 0 Å². The molecule has 2 unspecified atom stereocenters. The second kappa shape index (κ2) is 6.29. The molecule has 2 atom stereocenters. The fourth-order valence-corrected chi connectivity index (χ4v) is 4.98. The quantitative estimate of drug-likeness (QED) is 0.562. The average molecular weight is 333 g/mol. The highest BCUT2D eigenvalue weighted by atomic mass is 32.2. The summed E-state index contributed by atoms with van der Waals surface area (Å²) in [5, 5.41) is 14.1. The number of anilines is 1. The van der Waals surface area contributed by atoms with E-state index in [0.29, 0.717) is 12.5 Å². The van der Waals surface area contributed by atoms with Gasteiger partial charge >= 0.3 is 5.69 Å². The molecule has 7 nitrogen and oxygen atoms in total. The van der Waals surface area contributed by atoms with Gasteiger partial charge in [-0.2, -0.15) is 0 Å². The fraction of sp³-hybridized carbons (Fsp3) is 0.667. The van der Waals surface area contributed by atoms with E-state index >= 15 is 0 Å². The lowest BCUT2D eigenvalue weighted by Crippen LogP contribution is -2.26. The summed E-state index contributed by atoms with van der Waals surface area (Å²) < 4.78 is 27.2. The van der Waals surface area contributed by atoms with Crippen LogP contribution in [0.5, 0.6) is 0 Å². The second-order valence-corrected chi connectivity index (χ2v) is 8.07. The highest BCUT2D eigenvalue weighted by Crippen LogP contribution is 2.39. The van der Waals surface area contributed by atoms with Crippen molar-refractivity contribution in [2.24, 2.45) is 5.92 Å². The molecule has 2 rings (SSSR count). The first kappa shape index (κ1) is 16.2. The van der Waals surface area contributed by atoms with Crippen LogP contribution in [0.4, 0.5) is 10.7 Å². The van der Waals surface area contributed by atoms with Crippen LogP contribution in [0.2, 0.25) is 0 Å². The number of hydrogen-bond acceptors (Lipinski definition) is 6. The lowest BCUT2D eigenvalue weighted by atomic mass is 10.2. The van der Waals surface area contributed by atoms with Gasteiger partial charge in [0, 0.05) is 18.7 Å². The van der Waals surface area contributed by atoms with E-state index in [-0.39, 0.29) is 20.9 Å². The van der Waals surface area contributed by atoms with Crippen LogP contribution in [0, 0.1) is 16.0 Å². The Kier molecular flexibility index (Phi) is 4.84. The monoisotopic (exact) mass is 333 g/mol. The third-order valence-corrected chi connectivity index (χ3v) is 6.42. The van der Waals surface area contributed by atoms with Gasteiger partial charge in [-0.3, -0.25) is 10.1 Å². The second-order valence-electron chi connectivity index (χ2n) is 5.08. The Bertz CT molecular complexity index is 626. The molecule has 1 aliphatic carbocycles. The van der Waals surface area contributed by atoms with E-state index in [0.717, 1.165) is 36.7 Å². The van der Waals surface area contributed by atoms with Crippen molar-refractivity contribution in [2.75, 3.05) is 11.9 Å². The summed E-state index contributed by atoms with van der Waals surface area (Å²) in [5.74, 6) is 0.396. The predicted molar refractivity (Wildman–Crippen MR) is 82.3 cm³/mol. The molecule has 0 amide bonds. The van der Waals surface area contributed by atoms with Gasteiger partial charge < -0.3 is 5.32 Å². The number of rotatable bonds is 8. The van der Waals surface area contributed by atoms with Crippen molar-refractivity contribution < 1.29 is 13.3 Å². The van der Waals surface area contributed by atoms with Crippen LogP contribution >= 0.6 is 11.3 Å². The molecule has 0 bridgehead atoms. The van der Waals surface area contributed by atoms with E-state index in [2.05, 4.69) is 17.0 Å². The fourth-order valence-electron chi connectivity index (χ4n) is 2.25. The van der Waals surface area contributed by atoms with Crippen LogP contribution < -0.4 is 10.0 Å². The van der Waals surface area contributed by atoms with Crippen molar-refractivity contribution in [1.29, 1.82) is 0 Å². The number of nitrogens with one attached hydrogen (secondary N) is 2. The van der Waals surface area contributed by atoms with E-state index in [9.17, 15) is 18.5 Å². The van der Waals surface area contributed by atoms with Gasteiger partial charge in [0.05, 0.1) is 4.92 Å². The normalized spacial score (nSPS) is 21.2. The maximum Gasteiger partial charge on any atom is 0.304 e. The molecule has 1 fully saturated rings. The Labute approximate surface area is 127 Å². The number of nitrogens with zero attached hydrogens (tertiary/aromatic N) is 1. The zero-order valence-corrected chi connectivity index (χ0v) is 13.6. The Morgan fingerprint density at radius 2 is 2.19 bits per heavy atom. The van der Waals surface area contributed by atoms with Crippen LogP contribution in [0.25, 0.3) is 0 Å². The van der Waals surface area contributed by atoms with Crippen LogP contribution in [-0.2, 0) is 10.0 Å². The Morgan fingerprint density at radius 1 is 1.48 bits per heavy atom. The molecule has 2 N–H and O–H groups in total. The molecule has 1 aliphatic rings. The molecule has 118 valence electrons. The molecular formula is C12H19N3O4S2. The third kappa shape index (κ3) is 3.72. The summed E-state index contributed by atoms with van der Waals surface area (Å²) in [6.07, 6.45) is 2.87. The van der Waals surface area contributed by atoms with Crippen molar-refractivity contribution in [2.45, 2.75) is 43.4 Å². The highest BCUT2D eigenvalue weighted by Gasteiger charge is 2.40. The first-order valence-corrected chi connectivity index (χ1v) is 9.23. The average Bonchev–Trinajstić information content (AvgIpc) is 2.95. The molecule has 1 aromatic rings. The SMILES string of the molecule is CCCC1CC1NS(=O)(=O)c1cc([N+](=O)[O-])c(NCC)s1. The standard InChI is InChI=1S/C12H19N3O4S2/c1-3-5-8-6-9(8)14-21(18,19)11-7-10(15(16)17)12(20-11)13-4-2/h7-9,13-14H,3-6H2,1-2H3. The molecule has 0 radical (unpaired) electrons. The molecule has 1 heterocycles. The molecule has 9 heteroatoms. The Hall–Kier alpha value is -1.19. The molecule has 0 saturated heterocycles. The molecule has 0 aliphatic heterocycles. The van der Waals surface area contributed by atoms with Gasteiger partial charge in [-0.1, -0.05) is 24.7 Å². The minimum absolute atomic E-state index is 0.00713. The van der Waals surface area contributed by atoms with Gasteiger partial charge in [-0.05, 0) is 25.7 Å². The van der Waals surface area contributed by atoms with E-state index in [1.165, 1.54) is 0 Å². The number of sulfonamides is 1. The largest absolute Gasteiger partial charge is 0.372 e. The van der Waals surface area contributed by atoms with Crippen molar-refractivity contribution >= 4 is 32.0 Å². The maximum atomic E-state index is 12.3. The molecule has 0 aromatic carbocycles. The predicted octanol–water partition coefficient (Wildman–Crippen LogP) is 2.56. The van der Waals surface area contributed by atoms with Gasteiger partial charge in [0.1, 0.15) is 4.21 Å². The zero-order chi connectivity index (χ0) is 15.6. The van der Waals surface area contributed by atoms with E-state index in [1.807, 2.05) is 0 Å². The molecular weight excluding hydrogens is 314 g/mol. The highest BCUT2D eigenvalue weighted by molar-refractivity contribution is 7.91. The van der Waals surface area contributed by atoms with Crippen molar-refractivity contribution in [3.05, 3.63) is 16.2 Å². The summed E-state index contributed by atoms with van der Waals surface area (Å²) in [4.78, 5) is 10.4. The summed E-state index contributed by atoms with van der Waals surface area (Å²) >= 11 is 0.900. The summed E-state index contributed by atoms with van der Waals surface area (Å²) in [6.45, 7) is 4.36. The lowest BCUT2D eigenvalue weighted by molar-refractivity contribution is -0.383. The van der Waals surface area contributed by atoms with Gasteiger partial charge in [0.2, 0.25) is 0 Å². The smallest absolute Gasteiger partial charge is 0.304 e. The van der Waals surface area contributed by atoms with Crippen LogP contribution in [0.1, 0.15) is 33.1 Å². The van der Waals surface area contributed by atoms with Gasteiger partial charge in [-0.15, -0.1) is 0 Å². The van der Waals surface area contributed by atoms with Crippen molar-refractivity contribution in [1.82, 2.24) is 4.72 Å². The Morgan fingerprint density at radius 3 is 2.76 bits per heavy atom. The first-order valence-electron chi connectivity index (χ1n) is 6.93. The van der Waals surface area contributed by atoms with Crippen LogP contribution in [0.15, 0.2) is 10.3 Å². The number of nitro groups is 1. The zero-order valence-electron chi connectivity index (χ0n) is 12.0. The maximum absolute atomic E-state index is 12.3. The number of thiophene rings is 1. The minimum atomic E-state index is -3.68. The molecule has 0 spiro atoms. The summed E-state index contributed by atoms with van der Waals surface area (Å²) in [6, 6.07) is 1.10. The summed E-state index contributed by atoms with van der Waals surface area (Å²) in [7, 11) is -3.68. The number of hydrogen-bond donors (Lipinski definition) is 2. The van der Waals surface area contributed by atoms with Gasteiger partial charge in [0.25, 0.3) is 10.0 Å². The van der Waals surface area contributed by atoms with Gasteiger partial charge in [-0.25, -0.2) is 13.1 Å². The summed E-state index contributed by atoms with van der Waals surface area (Å²) in [5.41, 5.74) is -0.192. The topological polar surface area (TPSA) is 101 Å². The minimum Gasteiger partial charge on any atom is -0.372 e. The molecule has 1 aromatic heterocycles.